The number of anilines is 2. The van der Waals surface area contributed by atoms with Crippen molar-refractivity contribution in [2.24, 2.45) is 0 Å². The van der Waals surface area contributed by atoms with Gasteiger partial charge in [0.25, 0.3) is 11.6 Å². The number of nitro benzene ring substituents is 1. The Labute approximate surface area is 157 Å². The van der Waals surface area contributed by atoms with Crippen LogP contribution in [0.2, 0.25) is 0 Å². The molecule has 8 nitrogen and oxygen atoms in total. The van der Waals surface area contributed by atoms with Crippen LogP contribution in [0.15, 0.2) is 42.5 Å². The van der Waals surface area contributed by atoms with E-state index in [4.69, 9.17) is 4.74 Å². The predicted molar refractivity (Wildman–Crippen MR) is 94.5 cm³/mol. The fraction of sp³-hybridized carbons (Fsp3) is 0.235. The zero-order valence-electron chi connectivity index (χ0n) is 14.6. The van der Waals surface area contributed by atoms with Crippen LogP contribution in [0, 0.1) is 10.1 Å². The zero-order valence-corrected chi connectivity index (χ0v) is 14.6. The summed E-state index contributed by atoms with van der Waals surface area (Å²) >= 11 is 0. The molecule has 0 aliphatic rings. The van der Waals surface area contributed by atoms with Crippen molar-refractivity contribution < 1.29 is 32.4 Å². The second kappa shape index (κ2) is 9.04. The molecule has 150 valence electrons. The van der Waals surface area contributed by atoms with Crippen molar-refractivity contribution in [3.05, 3.63) is 58.1 Å². The first-order valence-electron chi connectivity index (χ1n) is 7.88. The fourth-order valence-corrected chi connectivity index (χ4v) is 2.20. The lowest BCUT2D eigenvalue weighted by Gasteiger charge is -2.11. The van der Waals surface area contributed by atoms with Crippen molar-refractivity contribution in [1.29, 1.82) is 0 Å². The predicted octanol–water partition coefficient (Wildman–Crippen LogP) is 3.80. The number of hydrogen-bond acceptors (Lipinski definition) is 6. The van der Waals surface area contributed by atoms with Crippen molar-refractivity contribution in [3.63, 3.8) is 0 Å². The summed E-state index contributed by atoms with van der Waals surface area (Å²) in [6.45, 7) is 0.683. The molecule has 2 aromatic rings. The summed E-state index contributed by atoms with van der Waals surface area (Å²) < 4.78 is 45.0. The second-order valence-corrected chi connectivity index (χ2v) is 5.43. The highest BCUT2D eigenvalue weighted by Crippen LogP contribution is 2.27. The number of methoxy groups -OCH3 is 1. The van der Waals surface area contributed by atoms with E-state index in [1.54, 1.807) is 0 Å². The van der Waals surface area contributed by atoms with Gasteiger partial charge in [-0.3, -0.25) is 14.9 Å². The third-order valence-electron chi connectivity index (χ3n) is 3.42. The standard InChI is InChI=1S/C17H16F3N3O5/c1-27-9-8-21-14-7-2-11(10-15(14)23(25)26)16(24)22-12-3-5-13(6-4-12)28-17(18,19)20/h2-7,10,21H,8-9H2,1H3,(H,22,24). The number of hydrogen-bond donors (Lipinski definition) is 2. The Hall–Kier alpha value is -3.34. The Morgan fingerprint density at radius 3 is 2.43 bits per heavy atom. The van der Waals surface area contributed by atoms with Gasteiger partial charge >= 0.3 is 6.36 Å². The number of carbonyl (C=O) groups excluding carboxylic acids is 1. The molecule has 2 rings (SSSR count). The first-order valence-corrected chi connectivity index (χ1v) is 7.88. The molecule has 0 spiro atoms. The zero-order chi connectivity index (χ0) is 20.7. The number of ether oxygens (including phenoxy) is 2. The van der Waals surface area contributed by atoms with E-state index in [1.165, 1.54) is 31.4 Å². The molecule has 1 amide bonds. The van der Waals surface area contributed by atoms with Gasteiger partial charge in [-0.1, -0.05) is 0 Å². The molecule has 0 radical (unpaired) electrons. The molecule has 2 aromatic carbocycles. The number of nitrogens with one attached hydrogen (secondary N) is 2. The molecular formula is C17H16F3N3O5. The number of benzene rings is 2. The number of nitrogens with zero attached hydrogens (tertiary/aromatic N) is 1. The summed E-state index contributed by atoms with van der Waals surface area (Å²) in [7, 11) is 1.49. The van der Waals surface area contributed by atoms with E-state index in [-0.39, 0.29) is 22.6 Å². The third-order valence-corrected chi connectivity index (χ3v) is 3.42. The molecule has 0 aliphatic heterocycles. The molecule has 0 saturated heterocycles. The van der Waals surface area contributed by atoms with Gasteiger partial charge in [-0.05, 0) is 36.4 Å². The van der Waals surface area contributed by atoms with Gasteiger partial charge in [0.2, 0.25) is 0 Å². The Kier molecular flexibility index (Phi) is 6.77. The smallest absolute Gasteiger partial charge is 0.406 e. The fourth-order valence-electron chi connectivity index (χ4n) is 2.20. The number of rotatable bonds is 8. The minimum atomic E-state index is -4.82. The number of alkyl halides is 3. The van der Waals surface area contributed by atoms with Crippen LogP contribution in [0.1, 0.15) is 10.4 Å². The van der Waals surface area contributed by atoms with Crippen LogP contribution >= 0.6 is 0 Å². The normalized spacial score (nSPS) is 11.0. The largest absolute Gasteiger partial charge is 0.573 e. The van der Waals surface area contributed by atoms with E-state index in [0.717, 1.165) is 18.2 Å². The minimum Gasteiger partial charge on any atom is -0.406 e. The maximum atomic E-state index is 12.3. The van der Waals surface area contributed by atoms with Crippen LogP contribution in [-0.2, 0) is 4.74 Å². The molecule has 0 aliphatic carbocycles. The first kappa shape index (κ1) is 21.0. The summed E-state index contributed by atoms with van der Waals surface area (Å²) in [5.74, 6) is -1.09. The average molecular weight is 399 g/mol. The maximum Gasteiger partial charge on any atom is 0.573 e. The molecule has 0 atom stereocenters. The Bertz CT molecular complexity index is 841. The van der Waals surface area contributed by atoms with E-state index in [9.17, 15) is 28.1 Å². The number of nitro groups is 1. The van der Waals surface area contributed by atoms with Gasteiger partial charge in [-0.2, -0.15) is 0 Å². The van der Waals surface area contributed by atoms with Crippen molar-refractivity contribution in [1.82, 2.24) is 0 Å². The monoisotopic (exact) mass is 399 g/mol. The Morgan fingerprint density at radius 1 is 1.18 bits per heavy atom. The SMILES string of the molecule is COCCNc1ccc(C(=O)Nc2ccc(OC(F)(F)F)cc2)cc1[N+](=O)[O-]. The summed E-state index contributed by atoms with van der Waals surface area (Å²) in [5.41, 5.74) is 0.147. The Balaban J connectivity index is 2.11. The highest BCUT2D eigenvalue weighted by atomic mass is 19.4. The molecule has 0 saturated carbocycles. The van der Waals surface area contributed by atoms with Crippen LogP contribution in [0.5, 0.6) is 5.75 Å². The van der Waals surface area contributed by atoms with Crippen LogP contribution < -0.4 is 15.4 Å². The van der Waals surface area contributed by atoms with E-state index in [2.05, 4.69) is 15.4 Å². The van der Waals surface area contributed by atoms with Crippen LogP contribution in [0.25, 0.3) is 0 Å². The number of carbonyl (C=O) groups is 1. The summed E-state index contributed by atoms with van der Waals surface area (Å²) in [6.07, 6.45) is -4.82. The van der Waals surface area contributed by atoms with E-state index >= 15 is 0 Å². The van der Waals surface area contributed by atoms with Crippen molar-refractivity contribution in [2.75, 3.05) is 30.9 Å². The van der Waals surface area contributed by atoms with E-state index in [0.29, 0.717) is 13.2 Å². The molecular weight excluding hydrogens is 383 g/mol. The van der Waals surface area contributed by atoms with Crippen LogP contribution in [0.3, 0.4) is 0 Å². The molecule has 0 aromatic heterocycles. The Morgan fingerprint density at radius 2 is 1.86 bits per heavy atom. The van der Waals surface area contributed by atoms with Crippen molar-refractivity contribution in [2.45, 2.75) is 6.36 Å². The van der Waals surface area contributed by atoms with Crippen LogP contribution in [-0.4, -0.2) is 37.5 Å². The van der Waals surface area contributed by atoms with E-state index in [1.807, 2.05) is 0 Å². The highest BCUT2D eigenvalue weighted by molar-refractivity contribution is 6.05. The molecule has 0 heterocycles. The molecule has 0 unspecified atom stereocenters. The lowest BCUT2D eigenvalue weighted by molar-refractivity contribution is -0.384. The molecule has 0 bridgehead atoms. The average Bonchev–Trinajstić information content (AvgIpc) is 2.62. The van der Waals surface area contributed by atoms with Gasteiger partial charge in [0.15, 0.2) is 0 Å². The van der Waals surface area contributed by atoms with Gasteiger partial charge in [-0.25, -0.2) is 0 Å². The van der Waals surface area contributed by atoms with Crippen LogP contribution in [0.4, 0.5) is 30.2 Å². The molecule has 28 heavy (non-hydrogen) atoms. The molecule has 11 heteroatoms. The van der Waals surface area contributed by atoms with Gasteiger partial charge in [0.1, 0.15) is 11.4 Å². The van der Waals surface area contributed by atoms with Crippen molar-refractivity contribution >= 4 is 23.0 Å². The summed E-state index contributed by atoms with van der Waals surface area (Å²) in [6, 6.07) is 8.39. The first-order chi connectivity index (χ1) is 13.2. The highest BCUT2D eigenvalue weighted by Gasteiger charge is 2.31. The van der Waals surface area contributed by atoms with Crippen molar-refractivity contribution in [3.8, 4) is 5.75 Å². The maximum absolute atomic E-state index is 12.3. The third kappa shape index (κ3) is 6.13. The van der Waals surface area contributed by atoms with E-state index < -0.39 is 22.9 Å². The quantitative estimate of drug-likeness (QED) is 0.398. The minimum absolute atomic E-state index is 0.0135. The summed E-state index contributed by atoms with van der Waals surface area (Å²) in [4.78, 5) is 22.9. The van der Waals surface area contributed by atoms with Gasteiger partial charge in [0.05, 0.1) is 11.5 Å². The lowest BCUT2D eigenvalue weighted by atomic mass is 10.1. The lowest BCUT2D eigenvalue weighted by Crippen LogP contribution is -2.17. The second-order valence-electron chi connectivity index (χ2n) is 5.43. The van der Waals surface area contributed by atoms with Gasteiger partial charge < -0.3 is 20.1 Å². The molecule has 2 N–H and O–H groups in total. The molecule has 0 fully saturated rings. The summed E-state index contributed by atoms with van der Waals surface area (Å²) in [5, 5.41) is 16.5. The number of amides is 1. The topological polar surface area (TPSA) is 103 Å². The van der Waals surface area contributed by atoms with Gasteiger partial charge in [-0.15, -0.1) is 13.2 Å². The number of halogens is 3. The van der Waals surface area contributed by atoms with Gasteiger partial charge in [0, 0.05) is 31.0 Å².